The average Bonchev–Trinajstić information content (AvgIpc) is 2.41. The highest BCUT2D eigenvalue weighted by atomic mass is 16.5. The van der Waals surface area contributed by atoms with E-state index < -0.39 is 5.97 Å². The van der Waals surface area contributed by atoms with Gasteiger partial charge >= 0.3 is 5.97 Å². The van der Waals surface area contributed by atoms with Crippen molar-refractivity contribution in [2.45, 2.75) is 19.3 Å². The first-order valence-electron chi connectivity index (χ1n) is 5.86. The van der Waals surface area contributed by atoms with Crippen LogP contribution in [0.1, 0.15) is 39.1 Å². The van der Waals surface area contributed by atoms with Crippen LogP contribution < -0.4 is 0 Å². The molecular formula is C14H14O4. The molecule has 0 saturated heterocycles. The minimum absolute atomic E-state index is 0.000217. The van der Waals surface area contributed by atoms with E-state index in [9.17, 15) is 14.4 Å². The van der Waals surface area contributed by atoms with Gasteiger partial charge in [0.25, 0.3) is 0 Å². The Morgan fingerprint density at radius 3 is 2.94 bits per heavy atom. The summed E-state index contributed by atoms with van der Waals surface area (Å²) in [6, 6.07) is 4.95. The van der Waals surface area contributed by atoms with Gasteiger partial charge in [0.2, 0.25) is 0 Å². The fraction of sp³-hybridized carbons (Fsp3) is 0.357. The summed E-state index contributed by atoms with van der Waals surface area (Å²) in [6.45, 7) is 0. The summed E-state index contributed by atoms with van der Waals surface area (Å²) < 4.78 is 4.64. The molecule has 1 aliphatic rings. The summed E-state index contributed by atoms with van der Waals surface area (Å²) in [5, 5.41) is 0. The van der Waals surface area contributed by atoms with Gasteiger partial charge in [0, 0.05) is 17.9 Å². The van der Waals surface area contributed by atoms with Crippen molar-refractivity contribution in [3.8, 4) is 0 Å². The number of aldehydes is 1. The van der Waals surface area contributed by atoms with E-state index in [1.807, 2.05) is 0 Å². The number of carbonyl (C=O) groups excluding carboxylic acids is 3. The number of hydrogen-bond acceptors (Lipinski definition) is 4. The number of carbonyl (C=O) groups is 3. The Morgan fingerprint density at radius 1 is 1.50 bits per heavy atom. The fourth-order valence-electron chi connectivity index (χ4n) is 2.31. The molecule has 1 unspecified atom stereocenters. The molecule has 0 aliphatic heterocycles. The van der Waals surface area contributed by atoms with E-state index in [1.165, 1.54) is 7.11 Å². The van der Waals surface area contributed by atoms with Crippen LogP contribution in [0.15, 0.2) is 18.2 Å². The summed E-state index contributed by atoms with van der Waals surface area (Å²) >= 11 is 0. The predicted molar refractivity (Wildman–Crippen MR) is 64.6 cm³/mol. The lowest BCUT2D eigenvalue weighted by Gasteiger charge is -2.22. The van der Waals surface area contributed by atoms with E-state index in [-0.39, 0.29) is 18.1 Å². The van der Waals surface area contributed by atoms with Crippen molar-refractivity contribution in [3.05, 3.63) is 34.9 Å². The fourth-order valence-corrected chi connectivity index (χ4v) is 2.31. The van der Waals surface area contributed by atoms with Crippen molar-refractivity contribution in [1.82, 2.24) is 0 Å². The summed E-state index contributed by atoms with van der Waals surface area (Å²) in [5.41, 5.74) is 1.95. The molecular weight excluding hydrogens is 232 g/mol. The zero-order valence-electron chi connectivity index (χ0n) is 10.1. The molecule has 4 heteroatoms. The van der Waals surface area contributed by atoms with Crippen LogP contribution in [-0.4, -0.2) is 25.1 Å². The third-order valence-electron chi connectivity index (χ3n) is 3.31. The van der Waals surface area contributed by atoms with Crippen LogP contribution in [-0.2, 0) is 16.0 Å². The second kappa shape index (κ2) is 5.12. The maximum absolute atomic E-state index is 12.1. The molecule has 0 radical (unpaired) electrons. The highest BCUT2D eigenvalue weighted by Crippen LogP contribution is 2.28. The third-order valence-corrected chi connectivity index (χ3v) is 3.31. The number of rotatable bonds is 3. The highest BCUT2D eigenvalue weighted by molar-refractivity contribution is 6.02. The van der Waals surface area contributed by atoms with Crippen LogP contribution >= 0.6 is 0 Å². The molecule has 0 N–H and O–H groups in total. The van der Waals surface area contributed by atoms with Gasteiger partial charge in [0.15, 0.2) is 5.78 Å². The Morgan fingerprint density at radius 2 is 2.28 bits per heavy atom. The monoisotopic (exact) mass is 246 g/mol. The van der Waals surface area contributed by atoms with Crippen molar-refractivity contribution in [2.24, 2.45) is 5.92 Å². The number of Topliss-reactive ketones (excluding diaryl/α,β-unsaturated/α-hetero) is 1. The molecule has 0 spiro atoms. The van der Waals surface area contributed by atoms with E-state index in [4.69, 9.17) is 0 Å². The first-order chi connectivity index (χ1) is 8.67. The molecule has 0 saturated carbocycles. The molecule has 0 heterocycles. The standard InChI is InChI=1S/C14H14O4/c1-18-14(17)11-4-5-12-10(8-11)3-2-9(6-7-15)13(12)16/h4-5,7-9H,2-3,6H2,1H3. The van der Waals surface area contributed by atoms with Gasteiger partial charge in [-0.25, -0.2) is 4.79 Å². The van der Waals surface area contributed by atoms with Gasteiger partial charge in [0.05, 0.1) is 12.7 Å². The van der Waals surface area contributed by atoms with Gasteiger partial charge in [-0.2, -0.15) is 0 Å². The van der Waals surface area contributed by atoms with Crippen molar-refractivity contribution in [3.63, 3.8) is 0 Å². The third kappa shape index (κ3) is 2.18. The van der Waals surface area contributed by atoms with Crippen LogP contribution in [0.5, 0.6) is 0 Å². The number of aryl methyl sites for hydroxylation is 1. The summed E-state index contributed by atoms with van der Waals surface area (Å²) in [6.07, 6.45) is 2.44. The topological polar surface area (TPSA) is 60.4 Å². The molecule has 1 aliphatic carbocycles. The van der Waals surface area contributed by atoms with Gasteiger partial charge in [-0.15, -0.1) is 0 Å². The van der Waals surface area contributed by atoms with Gasteiger partial charge < -0.3 is 9.53 Å². The number of ether oxygens (including phenoxy) is 1. The van der Waals surface area contributed by atoms with Crippen LogP contribution in [0.3, 0.4) is 0 Å². The first kappa shape index (κ1) is 12.5. The lowest BCUT2D eigenvalue weighted by molar-refractivity contribution is -0.108. The number of esters is 1. The van der Waals surface area contributed by atoms with Gasteiger partial charge in [0.1, 0.15) is 6.29 Å². The maximum Gasteiger partial charge on any atom is 0.337 e. The van der Waals surface area contributed by atoms with E-state index >= 15 is 0 Å². The Hall–Kier alpha value is -1.97. The minimum Gasteiger partial charge on any atom is -0.465 e. The smallest absolute Gasteiger partial charge is 0.337 e. The van der Waals surface area contributed by atoms with E-state index in [0.29, 0.717) is 24.0 Å². The number of benzene rings is 1. The SMILES string of the molecule is COC(=O)c1ccc2c(c1)CCC(CC=O)C2=O. The molecule has 0 aromatic heterocycles. The maximum atomic E-state index is 12.1. The molecule has 18 heavy (non-hydrogen) atoms. The van der Waals surface area contributed by atoms with Crippen LogP contribution in [0, 0.1) is 5.92 Å². The van der Waals surface area contributed by atoms with Gasteiger partial charge in [-0.1, -0.05) is 6.07 Å². The summed E-state index contributed by atoms with van der Waals surface area (Å²) in [4.78, 5) is 34.0. The number of hydrogen-bond donors (Lipinski definition) is 0. The lowest BCUT2D eigenvalue weighted by atomic mass is 9.81. The molecule has 1 atom stereocenters. The van der Waals surface area contributed by atoms with Crippen LogP contribution in [0.2, 0.25) is 0 Å². The lowest BCUT2D eigenvalue weighted by Crippen LogP contribution is -2.23. The Bertz CT molecular complexity index is 505. The van der Waals surface area contributed by atoms with E-state index in [1.54, 1.807) is 18.2 Å². The molecule has 0 bridgehead atoms. The first-order valence-corrected chi connectivity index (χ1v) is 5.86. The number of fused-ring (bicyclic) bond motifs is 1. The van der Waals surface area contributed by atoms with Crippen molar-refractivity contribution < 1.29 is 19.1 Å². The molecule has 94 valence electrons. The normalized spacial score (nSPS) is 18.1. The molecule has 0 fully saturated rings. The molecule has 1 aromatic carbocycles. The quantitative estimate of drug-likeness (QED) is 0.602. The molecule has 0 amide bonds. The molecule has 4 nitrogen and oxygen atoms in total. The Labute approximate surface area is 105 Å². The second-order valence-corrected chi connectivity index (χ2v) is 4.37. The van der Waals surface area contributed by atoms with E-state index in [2.05, 4.69) is 4.74 Å². The van der Waals surface area contributed by atoms with Crippen molar-refractivity contribution >= 4 is 18.0 Å². The minimum atomic E-state index is -0.403. The van der Waals surface area contributed by atoms with Gasteiger partial charge in [-0.3, -0.25) is 4.79 Å². The van der Waals surface area contributed by atoms with Crippen molar-refractivity contribution in [1.29, 1.82) is 0 Å². The second-order valence-electron chi connectivity index (χ2n) is 4.37. The molecule has 2 rings (SSSR count). The van der Waals surface area contributed by atoms with Crippen LogP contribution in [0.25, 0.3) is 0 Å². The summed E-state index contributed by atoms with van der Waals surface area (Å²) in [5.74, 6) is -0.612. The zero-order valence-corrected chi connectivity index (χ0v) is 10.1. The molecule has 1 aromatic rings. The predicted octanol–water partition coefficient (Wildman–Crippen LogP) is 1.81. The zero-order chi connectivity index (χ0) is 13.1. The van der Waals surface area contributed by atoms with Crippen LogP contribution in [0.4, 0.5) is 0 Å². The van der Waals surface area contributed by atoms with Crippen molar-refractivity contribution in [2.75, 3.05) is 7.11 Å². The Kier molecular flexibility index (Phi) is 3.55. The number of ketones is 1. The Balaban J connectivity index is 2.32. The number of methoxy groups -OCH3 is 1. The average molecular weight is 246 g/mol. The van der Waals surface area contributed by atoms with Gasteiger partial charge in [-0.05, 0) is 30.5 Å². The largest absolute Gasteiger partial charge is 0.465 e. The highest BCUT2D eigenvalue weighted by Gasteiger charge is 2.27. The summed E-state index contributed by atoms with van der Waals surface area (Å²) in [7, 11) is 1.33. The van der Waals surface area contributed by atoms with E-state index in [0.717, 1.165) is 11.8 Å².